The van der Waals surface area contributed by atoms with Crippen LogP contribution in [0.2, 0.25) is 0 Å². The molecule has 1 rings (SSSR count). The molecule has 0 bridgehead atoms. The number of hydrogen-bond acceptors (Lipinski definition) is 4. The van der Waals surface area contributed by atoms with Crippen molar-refractivity contribution in [1.29, 1.82) is 0 Å². The molecule has 20 heavy (non-hydrogen) atoms. The van der Waals surface area contributed by atoms with E-state index in [1.807, 2.05) is 19.9 Å². The summed E-state index contributed by atoms with van der Waals surface area (Å²) in [7, 11) is 0. The zero-order valence-electron chi connectivity index (χ0n) is 12.5. The summed E-state index contributed by atoms with van der Waals surface area (Å²) in [5, 5.41) is 0. The van der Waals surface area contributed by atoms with Crippen molar-refractivity contribution in [1.82, 2.24) is 0 Å². The first-order valence-electron chi connectivity index (χ1n) is 7.06. The summed E-state index contributed by atoms with van der Waals surface area (Å²) in [4.78, 5) is 19.2. The Morgan fingerprint density at radius 1 is 1.50 bits per heavy atom. The highest BCUT2D eigenvalue weighted by molar-refractivity contribution is 5.77. The molecule has 1 saturated carbocycles. The number of allylic oxidation sites excluding steroid dienone is 3. The molecule has 4 heteroatoms. The van der Waals surface area contributed by atoms with Crippen LogP contribution in [0.5, 0.6) is 0 Å². The lowest BCUT2D eigenvalue weighted by molar-refractivity contribution is -0.109. The van der Waals surface area contributed by atoms with Crippen molar-refractivity contribution in [3.8, 4) is 0 Å². The standard InChI is InChI=1S/C16H24N2O2/c1-5-8-16(9-13(16)11-19)12-20-15(10-18-7-3)14(6-2)17-4/h5,10-11,13H,1,4,6-9,12H2,2-3H3/b15-14+,18-10?/t13?,16-/m1/s1. The van der Waals surface area contributed by atoms with E-state index in [0.29, 0.717) is 18.9 Å². The molecule has 0 heterocycles. The zero-order valence-corrected chi connectivity index (χ0v) is 12.5. The number of carbonyl (C=O) groups excluding carboxylic acids is 1. The first-order chi connectivity index (χ1) is 9.67. The molecule has 0 aromatic heterocycles. The quantitative estimate of drug-likeness (QED) is 0.266. The van der Waals surface area contributed by atoms with Gasteiger partial charge in [0.05, 0.1) is 18.5 Å². The van der Waals surface area contributed by atoms with Crippen molar-refractivity contribution in [3.63, 3.8) is 0 Å². The van der Waals surface area contributed by atoms with E-state index in [1.54, 1.807) is 6.21 Å². The van der Waals surface area contributed by atoms with Gasteiger partial charge in [-0.25, -0.2) is 0 Å². The lowest BCUT2D eigenvalue weighted by Crippen LogP contribution is -2.14. The maximum absolute atomic E-state index is 11.0. The Hall–Kier alpha value is -1.71. The lowest BCUT2D eigenvalue weighted by Gasteiger charge is -2.16. The molecule has 2 atom stereocenters. The summed E-state index contributed by atoms with van der Waals surface area (Å²) < 4.78 is 5.89. The van der Waals surface area contributed by atoms with Crippen LogP contribution in [0.25, 0.3) is 0 Å². The van der Waals surface area contributed by atoms with Crippen molar-refractivity contribution >= 4 is 19.2 Å². The van der Waals surface area contributed by atoms with Crippen molar-refractivity contribution in [2.75, 3.05) is 13.2 Å². The normalized spacial score (nSPS) is 26.0. The summed E-state index contributed by atoms with van der Waals surface area (Å²) in [6.07, 6.45) is 6.96. The van der Waals surface area contributed by atoms with Gasteiger partial charge in [-0.2, -0.15) is 0 Å². The molecule has 0 radical (unpaired) electrons. The van der Waals surface area contributed by atoms with Crippen molar-refractivity contribution in [2.24, 2.45) is 21.3 Å². The molecule has 1 aliphatic carbocycles. The average Bonchev–Trinajstić information content (AvgIpc) is 3.16. The van der Waals surface area contributed by atoms with E-state index in [2.05, 4.69) is 23.3 Å². The number of aliphatic imine (C=N–C) groups is 2. The number of nitrogens with zero attached hydrogens (tertiary/aromatic N) is 2. The van der Waals surface area contributed by atoms with Crippen LogP contribution in [0, 0.1) is 11.3 Å². The SMILES string of the molecule is C=CC[C@]1(CO/C(C=NCC)=C(\CC)N=C)CC1C=O. The Balaban J connectivity index is 2.78. The Morgan fingerprint density at radius 2 is 2.25 bits per heavy atom. The third-order valence-corrected chi connectivity index (χ3v) is 3.68. The number of rotatable bonds is 10. The molecular formula is C16H24N2O2. The maximum atomic E-state index is 11.0. The van der Waals surface area contributed by atoms with Gasteiger partial charge in [-0.15, -0.1) is 6.58 Å². The first kappa shape index (κ1) is 16.3. The highest BCUT2D eigenvalue weighted by atomic mass is 16.5. The van der Waals surface area contributed by atoms with Crippen molar-refractivity contribution in [2.45, 2.75) is 33.1 Å². The Kier molecular flexibility index (Phi) is 6.36. The molecule has 0 N–H and O–H groups in total. The van der Waals surface area contributed by atoms with Crippen LogP contribution >= 0.6 is 0 Å². The highest BCUT2D eigenvalue weighted by Gasteiger charge is 2.53. The second kappa shape index (κ2) is 7.78. The van der Waals surface area contributed by atoms with E-state index >= 15 is 0 Å². The summed E-state index contributed by atoms with van der Waals surface area (Å²) in [5.74, 6) is 0.732. The van der Waals surface area contributed by atoms with E-state index in [1.165, 1.54) is 0 Å². The van der Waals surface area contributed by atoms with Gasteiger partial charge < -0.3 is 9.53 Å². The molecule has 0 saturated heterocycles. The van der Waals surface area contributed by atoms with E-state index in [4.69, 9.17) is 4.74 Å². The third kappa shape index (κ3) is 3.89. The molecule has 0 aromatic carbocycles. The second-order valence-electron chi connectivity index (χ2n) is 5.04. The number of hydrogen-bond donors (Lipinski definition) is 0. The molecule has 4 nitrogen and oxygen atoms in total. The highest BCUT2D eigenvalue weighted by Crippen LogP contribution is 2.54. The van der Waals surface area contributed by atoms with Crippen LogP contribution in [0.3, 0.4) is 0 Å². The molecule has 0 spiro atoms. The molecule has 1 unspecified atom stereocenters. The minimum Gasteiger partial charge on any atom is -0.489 e. The van der Waals surface area contributed by atoms with Crippen molar-refractivity contribution < 1.29 is 9.53 Å². The molecule has 110 valence electrons. The van der Waals surface area contributed by atoms with Crippen molar-refractivity contribution in [3.05, 3.63) is 24.1 Å². The summed E-state index contributed by atoms with van der Waals surface area (Å²) in [5.41, 5.74) is 0.703. The van der Waals surface area contributed by atoms with Gasteiger partial charge in [0.15, 0.2) is 5.76 Å². The van der Waals surface area contributed by atoms with Crippen LogP contribution in [0.1, 0.15) is 33.1 Å². The molecule has 0 aliphatic heterocycles. The van der Waals surface area contributed by atoms with E-state index in [0.717, 1.165) is 31.2 Å². The van der Waals surface area contributed by atoms with Crippen LogP contribution in [0.4, 0.5) is 0 Å². The predicted molar refractivity (Wildman–Crippen MR) is 83.3 cm³/mol. The first-order valence-corrected chi connectivity index (χ1v) is 7.06. The van der Waals surface area contributed by atoms with Gasteiger partial charge in [0.1, 0.15) is 6.29 Å². The van der Waals surface area contributed by atoms with Crippen LogP contribution in [0.15, 0.2) is 34.1 Å². The minimum absolute atomic E-state index is 0.0756. The monoisotopic (exact) mass is 276 g/mol. The van der Waals surface area contributed by atoms with Gasteiger partial charge in [-0.3, -0.25) is 9.98 Å². The minimum atomic E-state index is -0.0885. The smallest absolute Gasteiger partial charge is 0.158 e. The number of aldehydes is 1. The summed E-state index contributed by atoms with van der Waals surface area (Å²) in [6, 6.07) is 0. The number of ether oxygens (including phenoxy) is 1. The van der Waals surface area contributed by atoms with Gasteiger partial charge in [0, 0.05) is 17.9 Å². The van der Waals surface area contributed by atoms with Gasteiger partial charge in [-0.05, 0) is 32.9 Å². The Labute approximate surface area is 121 Å². The van der Waals surface area contributed by atoms with Gasteiger partial charge in [-0.1, -0.05) is 13.0 Å². The number of carbonyl (C=O) groups is 1. The molecular weight excluding hydrogens is 252 g/mol. The fraction of sp³-hybridized carbons (Fsp3) is 0.562. The topological polar surface area (TPSA) is 51.0 Å². The lowest BCUT2D eigenvalue weighted by atomic mass is 10.0. The summed E-state index contributed by atoms with van der Waals surface area (Å²) in [6.45, 7) is 12.5. The Bertz CT molecular complexity index is 426. The Morgan fingerprint density at radius 3 is 2.70 bits per heavy atom. The van der Waals surface area contributed by atoms with E-state index < -0.39 is 0 Å². The molecule has 0 aromatic rings. The molecule has 0 amide bonds. The molecule has 1 fully saturated rings. The van der Waals surface area contributed by atoms with Crippen LogP contribution in [-0.2, 0) is 9.53 Å². The van der Waals surface area contributed by atoms with Crippen LogP contribution < -0.4 is 0 Å². The zero-order chi connectivity index (χ0) is 15.0. The fourth-order valence-corrected chi connectivity index (χ4v) is 2.27. The van der Waals surface area contributed by atoms with Gasteiger partial charge in [0.25, 0.3) is 0 Å². The fourth-order valence-electron chi connectivity index (χ4n) is 2.27. The molecule has 1 aliphatic rings. The second-order valence-corrected chi connectivity index (χ2v) is 5.04. The van der Waals surface area contributed by atoms with Gasteiger partial charge >= 0.3 is 0 Å². The predicted octanol–water partition coefficient (Wildman–Crippen LogP) is 3.20. The largest absolute Gasteiger partial charge is 0.489 e. The van der Waals surface area contributed by atoms with E-state index in [9.17, 15) is 4.79 Å². The summed E-state index contributed by atoms with van der Waals surface area (Å²) >= 11 is 0. The average molecular weight is 276 g/mol. The van der Waals surface area contributed by atoms with Crippen LogP contribution in [-0.4, -0.2) is 32.4 Å². The third-order valence-electron chi connectivity index (χ3n) is 3.68. The maximum Gasteiger partial charge on any atom is 0.158 e. The van der Waals surface area contributed by atoms with E-state index in [-0.39, 0.29) is 11.3 Å². The van der Waals surface area contributed by atoms with Gasteiger partial charge in [0.2, 0.25) is 0 Å².